The molecule has 22 heavy (non-hydrogen) atoms. The number of anilines is 1. The minimum absolute atomic E-state index is 0.00468. The Hall–Kier alpha value is -2.04. The number of ether oxygens (including phenoxy) is 1. The Morgan fingerprint density at radius 2 is 1.77 bits per heavy atom. The summed E-state index contributed by atoms with van der Waals surface area (Å²) in [7, 11) is 0. The molecule has 5 nitrogen and oxygen atoms in total. The Morgan fingerprint density at radius 3 is 2.32 bits per heavy atom. The molecule has 5 heteroatoms. The number of rotatable bonds is 8. The van der Waals surface area contributed by atoms with Crippen molar-refractivity contribution in [3.63, 3.8) is 0 Å². The van der Waals surface area contributed by atoms with Gasteiger partial charge in [-0.3, -0.25) is 9.59 Å². The Bertz CT molecular complexity index is 488. The van der Waals surface area contributed by atoms with E-state index in [9.17, 15) is 9.59 Å². The van der Waals surface area contributed by atoms with E-state index in [1.165, 1.54) is 0 Å². The molecule has 0 aliphatic carbocycles. The highest BCUT2D eigenvalue weighted by Crippen LogP contribution is 2.21. The van der Waals surface area contributed by atoms with Gasteiger partial charge >= 0.3 is 5.97 Å². The van der Waals surface area contributed by atoms with Gasteiger partial charge in [0.2, 0.25) is 5.91 Å². The molecule has 0 saturated carbocycles. The van der Waals surface area contributed by atoms with Gasteiger partial charge in [0.15, 0.2) is 0 Å². The SMILES string of the molecule is CC(C)(C)CCC(=O)Nc1ccc(OCCCC(=O)O)cc1. The summed E-state index contributed by atoms with van der Waals surface area (Å²) in [6, 6.07) is 7.09. The lowest BCUT2D eigenvalue weighted by molar-refractivity contribution is -0.137. The van der Waals surface area contributed by atoms with Gasteiger partial charge in [-0.05, 0) is 42.5 Å². The summed E-state index contributed by atoms with van der Waals surface area (Å²) < 4.78 is 5.43. The lowest BCUT2D eigenvalue weighted by Crippen LogP contribution is -2.15. The van der Waals surface area contributed by atoms with E-state index < -0.39 is 5.97 Å². The van der Waals surface area contributed by atoms with E-state index in [-0.39, 0.29) is 17.7 Å². The molecule has 0 heterocycles. The van der Waals surface area contributed by atoms with Gasteiger partial charge in [0, 0.05) is 18.5 Å². The van der Waals surface area contributed by atoms with Crippen molar-refractivity contribution in [2.24, 2.45) is 5.41 Å². The number of amides is 1. The lowest BCUT2D eigenvalue weighted by Gasteiger charge is -2.17. The average Bonchev–Trinajstić information content (AvgIpc) is 2.42. The molecule has 0 fully saturated rings. The number of carbonyl (C=O) groups is 2. The van der Waals surface area contributed by atoms with Gasteiger partial charge < -0.3 is 15.2 Å². The molecule has 122 valence electrons. The Balaban J connectivity index is 2.35. The van der Waals surface area contributed by atoms with Crippen LogP contribution >= 0.6 is 0 Å². The molecule has 0 spiro atoms. The molecule has 1 rings (SSSR count). The number of hydrogen-bond donors (Lipinski definition) is 2. The van der Waals surface area contributed by atoms with E-state index in [1.54, 1.807) is 24.3 Å². The fourth-order valence-electron chi connectivity index (χ4n) is 1.76. The van der Waals surface area contributed by atoms with E-state index >= 15 is 0 Å². The largest absolute Gasteiger partial charge is 0.494 e. The molecule has 0 aliphatic rings. The summed E-state index contributed by atoms with van der Waals surface area (Å²) in [6.45, 7) is 6.69. The first-order valence-corrected chi connectivity index (χ1v) is 7.51. The van der Waals surface area contributed by atoms with Crippen molar-refractivity contribution >= 4 is 17.6 Å². The van der Waals surface area contributed by atoms with Crippen LogP contribution in [0.25, 0.3) is 0 Å². The van der Waals surface area contributed by atoms with Gasteiger partial charge in [0.05, 0.1) is 6.61 Å². The molecular formula is C17H25NO4. The molecule has 0 atom stereocenters. The van der Waals surface area contributed by atoms with Crippen LogP contribution in [-0.4, -0.2) is 23.6 Å². The summed E-state index contributed by atoms with van der Waals surface area (Å²) in [5, 5.41) is 11.4. The summed E-state index contributed by atoms with van der Waals surface area (Å²) in [6.07, 6.45) is 1.91. The number of nitrogens with one attached hydrogen (secondary N) is 1. The zero-order valence-corrected chi connectivity index (χ0v) is 13.5. The second kappa shape index (κ2) is 8.41. The molecule has 0 aromatic heterocycles. The first-order chi connectivity index (χ1) is 10.3. The molecule has 2 N–H and O–H groups in total. The van der Waals surface area contributed by atoms with Crippen LogP contribution < -0.4 is 10.1 Å². The van der Waals surface area contributed by atoms with Crippen molar-refractivity contribution < 1.29 is 19.4 Å². The van der Waals surface area contributed by atoms with Crippen LogP contribution in [0.15, 0.2) is 24.3 Å². The van der Waals surface area contributed by atoms with Crippen molar-refractivity contribution in [3.05, 3.63) is 24.3 Å². The first-order valence-electron chi connectivity index (χ1n) is 7.51. The highest BCUT2D eigenvalue weighted by Gasteiger charge is 2.12. The van der Waals surface area contributed by atoms with Crippen molar-refractivity contribution in [3.8, 4) is 5.75 Å². The van der Waals surface area contributed by atoms with Gasteiger partial charge in [0.25, 0.3) is 0 Å². The lowest BCUT2D eigenvalue weighted by atomic mass is 9.90. The van der Waals surface area contributed by atoms with Crippen molar-refractivity contribution in [1.29, 1.82) is 0 Å². The summed E-state index contributed by atoms with van der Waals surface area (Å²) in [4.78, 5) is 22.2. The average molecular weight is 307 g/mol. The Kier molecular flexibility index (Phi) is 6.89. The normalized spacial score (nSPS) is 11.0. The summed E-state index contributed by atoms with van der Waals surface area (Å²) >= 11 is 0. The number of carbonyl (C=O) groups excluding carboxylic acids is 1. The van der Waals surface area contributed by atoms with Crippen LogP contribution in [0.1, 0.15) is 46.5 Å². The number of carboxylic acid groups (broad SMARTS) is 1. The maximum Gasteiger partial charge on any atom is 0.303 e. The molecule has 0 unspecified atom stereocenters. The van der Waals surface area contributed by atoms with Gasteiger partial charge in [0.1, 0.15) is 5.75 Å². The van der Waals surface area contributed by atoms with Crippen LogP contribution in [0.5, 0.6) is 5.75 Å². The molecule has 0 saturated heterocycles. The second-order valence-electron chi connectivity index (χ2n) is 6.48. The predicted octanol–water partition coefficient (Wildman–Crippen LogP) is 3.70. The molecule has 0 aliphatic heterocycles. The maximum absolute atomic E-state index is 11.8. The molecule has 0 bridgehead atoms. The number of hydrogen-bond acceptors (Lipinski definition) is 3. The highest BCUT2D eigenvalue weighted by molar-refractivity contribution is 5.90. The van der Waals surface area contributed by atoms with E-state index in [4.69, 9.17) is 9.84 Å². The van der Waals surface area contributed by atoms with E-state index in [0.29, 0.717) is 25.2 Å². The quantitative estimate of drug-likeness (QED) is 0.718. The van der Waals surface area contributed by atoms with Crippen LogP contribution in [0, 0.1) is 5.41 Å². The monoisotopic (exact) mass is 307 g/mol. The molecule has 0 radical (unpaired) electrons. The first kappa shape index (κ1) is 18.0. The highest BCUT2D eigenvalue weighted by atomic mass is 16.5. The minimum Gasteiger partial charge on any atom is -0.494 e. The maximum atomic E-state index is 11.8. The Morgan fingerprint density at radius 1 is 1.14 bits per heavy atom. The number of aliphatic carboxylic acids is 1. The third-order valence-electron chi connectivity index (χ3n) is 3.04. The van der Waals surface area contributed by atoms with Crippen molar-refractivity contribution in [2.45, 2.75) is 46.5 Å². The van der Waals surface area contributed by atoms with Crippen LogP contribution in [-0.2, 0) is 9.59 Å². The molecule has 1 aromatic rings. The van der Waals surface area contributed by atoms with E-state index in [2.05, 4.69) is 26.1 Å². The standard InChI is InChI=1S/C17H25NO4/c1-17(2,3)11-10-15(19)18-13-6-8-14(9-7-13)22-12-4-5-16(20)21/h6-9H,4-5,10-12H2,1-3H3,(H,18,19)(H,20,21). The molecule has 1 aromatic carbocycles. The summed E-state index contributed by atoms with van der Waals surface area (Å²) in [5.74, 6) is -0.153. The Labute approximate surface area is 131 Å². The second-order valence-corrected chi connectivity index (χ2v) is 6.48. The molecular weight excluding hydrogens is 282 g/mol. The van der Waals surface area contributed by atoms with E-state index in [0.717, 1.165) is 12.1 Å². The van der Waals surface area contributed by atoms with Crippen LogP contribution in [0.3, 0.4) is 0 Å². The summed E-state index contributed by atoms with van der Waals surface area (Å²) in [5.41, 5.74) is 0.877. The van der Waals surface area contributed by atoms with Gasteiger partial charge in [-0.25, -0.2) is 0 Å². The number of benzene rings is 1. The molecule has 1 amide bonds. The van der Waals surface area contributed by atoms with Crippen molar-refractivity contribution in [2.75, 3.05) is 11.9 Å². The topological polar surface area (TPSA) is 75.6 Å². The third-order valence-corrected chi connectivity index (χ3v) is 3.04. The zero-order chi connectivity index (χ0) is 16.6. The van der Waals surface area contributed by atoms with Gasteiger partial charge in [-0.1, -0.05) is 20.8 Å². The fraction of sp³-hybridized carbons (Fsp3) is 0.529. The minimum atomic E-state index is -0.822. The predicted molar refractivity (Wildman–Crippen MR) is 86.1 cm³/mol. The van der Waals surface area contributed by atoms with Gasteiger partial charge in [-0.2, -0.15) is 0 Å². The fourth-order valence-corrected chi connectivity index (χ4v) is 1.76. The van der Waals surface area contributed by atoms with Crippen LogP contribution in [0.2, 0.25) is 0 Å². The zero-order valence-electron chi connectivity index (χ0n) is 13.5. The van der Waals surface area contributed by atoms with Crippen molar-refractivity contribution in [1.82, 2.24) is 0 Å². The third kappa shape index (κ3) is 8.29. The smallest absolute Gasteiger partial charge is 0.303 e. The van der Waals surface area contributed by atoms with Crippen LogP contribution in [0.4, 0.5) is 5.69 Å². The number of carboxylic acids is 1. The van der Waals surface area contributed by atoms with E-state index in [1.807, 2.05) is 0 Å². The van der Waals surface area contributed by atoms with Gasteiger partial charge in [-0.15, -0.1) is 0 Å².